The molecule has 0 atom stereocenters. The van der Waals surface area contributed by atoms with Crippen LogP contribution in [-0.4, -0.2) is 20.1 Å². The molecule has 2 heterocycles. The van der Waals surface area contributed by atoms with E-state index in [0.29, 0.717) is 27.2 Å². The van der Waals surface area contributed by atoms with Crippen LogP contribution in [0.1, 0.15) is 19.4 Å². The number of halogens is 1. The molecule has 21 heavy (non-hydrogen) atoms. The van der Waals surface area contributed by atoms with E-state index < -0.39 is 0 Å². The van der Waals surface area contributed by atoms with Crippen LogP contribution in [0, 0.1) is 0 Å². The van der Waals surface area contributed by atoms with Crippen molar-refractivity contribution in [2.75, 3.05) is 5.73 Å². The van der Waals surface area contributed by atoms with E-state index in [1.54, 1.807) is 0 Å². The van der Waals surface area contributed by atoms with Crippen LogP contribution in [0.4, 0.5) is 5.82 Å². The van der Waals surface area contributed by atoms with Crippen molar-refractivity contribution in [2.24, 2.45) is 0 Å². The van der Waals surface area contributed by atoms with Gasteiger partial charge >= 0.3 is 0 Å². The summed E-state index contributed by atoms with van der Waals surface area (Å²) in [6.07, 6.45) is 6.33. The molecule has 0 amide bonds. The molecule has 0 aromatic carbocycles. The molecule has 0 aliphatic carbocycles. The van der Waals surface area contributed by atoms with Crippen molar-refractivity contribution in [1.29, 1.82) is 0 Å². The largest absolute Gasteiger partial charge is 0.506 e. The molecule has 3 N–H and O–H groups in total. The normalized spacial score (nSPS) is 12.7. The molecule has 2 aromatic rings. The molecule has 0 saturated carbocycles. The first-order chi connectivity index (χ1) is 9.97. The molecule has 6 heteroatoms. The van der Waals surface area contributed by atoms with Gasteiger partial charge in [-0.3, -0.25) is 0 Å². The van der Waals surface area contributed by atoms with E-state index >= 15 is 0 Å². The number of aromatic nitrogens is 3. The van der Waals surface area contributed by atoms with Gasteiger partial charge in [-0.1, -0.05) is 30.3 Å². The number of anilines is 1. The minimum absolute atomic E-state index is 0.00836. The van der Waals surface area contributed by atoms with Crippen LogP contribution in [0.2, 0.25) is 0 Å². The molecule has 0 aliphatic heterocycles. The van der Waals surface area contributed by atoms with Gasteiger partial charge in [0.2, 0.25) is 0 Å². The van der Waals surface area contributed by atoms with Crippen LogP contribution < -0.4 is 5.73 Å². The highest BCUT2D eigenvalue weighted by Crippen LogP contribution is 2.36. The van der Waals surface area contributed by atoms with Crippen molar-refractivity contribution < 1.29 is 5.11 Å². The lowest BCUT2D eigenvalue weighted by Gasteiger charge is -2.12. The van der Waals surface area contributed by atoms with Crippen molar-refractivity contribution in [1.82, 2.24) is 15.0 Å². The molecule has 0 fully saturated rings. The Morgan fingerprint density at radius 2 is 2.05 bits per heavy atom. The zero-order valence-corrected chi connectivity index (χ0v) is 12.5. The van der Waals surface area contributed by atoms with E-state index in [1.165, 1.54) is 12.5 Å². The number of allylic oxidation sites excluding steroid dienone is 5. The summed E-state index contributed by atoms with van der Waals surface area (Å²) in [5.74, 6) is 0.245. The number of pyridine rings is 1. The number of rotatable bonds is 3. The third-order valence-electron chi connectivity index (χ3n) is 3.07. The van der Waals surface area contributed by atoms with Crippen LogP contribution in [-0.2, 0) is 0 Å². The van der Waals surface area contributed by atoms with Crippen molar-refractivity contribution in [3.05, 3.63) is 47.4 Å². The van der Waals surface area contributed by atoms with Crippen molar-refractivity contribution in [2.45, 2.75) is 13.8 Å². The molecule has 0 radical (unpaired) electrons. The molecule has 0 saturated heterocycles. The average Bonchev–Trinajstić information content (AvgIpc) is 2.45. The van der Waals surface area contributed by atoms with Gasteiger partial charge in [-0.05, 0) is 25.0 Å². The van der Waals surface area contributed by atoms with Gasteiger partial charge in [0.15, 0.2) is 5.82 Å². The highest BCUT2D eigenvalue weighted by Gasteiger charge is 2.17. The Balaban J connectivity index is 2.93. The third-order valence-corrected chi connectivity index (χ3v) is 3.36. The Morgan fingerprint density at radius 3 is 2.67 bits per heavy atom. The van der Waals surface area contributed by atoms with Crippen LogP contribution in [0.5, 0.6) is 5.75 Å². The highest BCUT2D eigenvalue weighted by molar-refractivity contribution is 6.32. The molecule has 5 nitrogen and oxygen atoms in total. The second-order valence-electron chi connectivity index (χ2n) is 4.42. The van der Waals surface area contributed by atoms with Crippen LogP contribution in [0.15, 0.2) is 41.9 Å². The summed E-state index contributed by atoms with van der Waals surface area (Å²) in [4.78, 5) is 12.2. The summed E-state index contributed by atoms with van der Waals surface area (Å²) in [6, 6.07) is 0. The van der Waals surface area contributed by atoms with Gasteiger partial charge in [0.05, 0.1) is 11.8 Å². The lowest BCUT2D eigenvalue weighted by Crippen LogP contribution is -1.99. The Kier molecular flexibility index (Phi) is 4.23. The molecular formula is C15H15ClN4O. The predicted molar refractivity (Wildman–Crippen MR) is 85.8 cm³/mol. The molecular weight excluding hydrogens is 288 g/mol. The van der Waals surface area contributed by atoms with E-state index in [0.717, 1.165) is 5.57 Å². The topological polar surface area (TPSA) is 84.9 Å². The third kappa shape index (κ3) is 2.73. The molecule has 108 valence electrons. The van der Waals surface area contributed by atoms with E-state index in [2.05, 4.69) is 21.5 Å². The van der Waals surface area contributed by atoms with E-state index in [1.807, 2.05) is 26.0 Å². The van der Waals surface area contributed by atoms with Gasteiger partial charge < -0.3 is 10.8 Å². The van der Waals surface area contributed by atoms with Gasteiger partial charge in [-0.15, -0.1) is 0 Å². The standard InChI is InChI=1S/C15H15ClN4O/c1-4-5-10(8(2)9(3)16)12-11(21)6-18-14-13(12)19-7-20-15(14)17/h4-7,21H,3H2,1-2H3,(H2,17,19,20)/b5-4-,10-8+. The van der Waals surface area contributed by atoms with Gasteiger partial charge in [-0.25, -0.2) is 15.0 Å². The fourth-order valence-electron chi connectivity index (χ4n) is 1.99. The van der Waals surface area contributed by atoms with E-state index in [9.17, 15) is 5.11 Å². The van der Waals surface area contributed by atoms with E-state index in [4.69, 9.17) is 17.3 Å². The fraction of sp³-hybridized carbons (Fsp3) is 0.133. The molecule has 0 bridgehead atoms. The summed E-state index contributed by atoms with van der Waals surface area (Å²) in [7, 11) is 0. The lowest BCUT2D eigenvalue weighted by atomic mass is 9.98. The number of nitrogens with two attached hydrogens (primary N) is 1. The number of aromatic hydroxyl groups is 1. The zero-order chi connectivity index (χ0) is 15.6. The Morgan fingerprint density at radius 1 is 1.33 bits per heavy atom. The SMILES string of the molecule is C=C(Cl)/C(C)=C(\C=C/C)c1c(O)cnc2c(N)ncnc12. The smallest absolute Gasteiger partial charge is 0.153 e. The molecule has 2 aromatic heterocycles. The van der Waals surface area contributed by atoms with Crippen molar-refractivity contribution in [3.63, 3.8) is 0 Å². The Bertz CT molecular complexity index is 781. The van der Waals surface area contributed by atoms with Gasteiger partial charge in [0, 0.05) is 5.03 Å². The van der Waals surface area contributed by atoms with Crippen molar-refractivity contribution >= 4 is 34.0 Å². The van der Waals surface area contributed by atoms with Gasteiger partial charge in [0.25, 0.3) is 0 Å². The molecule has 0 aliphatic rings. The van der Waals surface area contributed by atoms with E-state index in [-0.39, 0.29) is 11.6 Å². The number of hydrogen-bond acceptors (Lipinski definition) is 5. The van der Waals surface area contributed by atoms with Crippen LogP contribution in [0.3, 0.4) is 0 Å². The first kappa shape index (κ1) is 15.0. The second-order valence-corrected chi connectivity index (χ2v) is 4.87. The maximum Gasteiger partial charge on any atom is 0.153 e. The Labute approximate surface area is 127 Å². The summed E-state index contributed by atoms with van der Waals surface area (Å²) in [5.41, 5.74) is 8.65. The fourth-order valence-corrected chi connectivity index (χ4v) is 2.09. The summed E-state index contributed by atoms with van der Waals surface area (Å²) in [6.45, 7) is 7.42. The first-order valence-corrected chi connectivity index (χ1v) is 6.62. The summed E-state index contributed by atoms with van der Waals surface area (Å²) in [5, 5.41) is 10.6. The van der Waals surface area contributed by atoms with Gasteiger partial charge in [-0.2, -0.15) is 0 Å². The minimum atomic E-state index is -0.00836. The predicted octanol–water partition coefficient (Wildman–Crippen LogP) is 3.41. The average molecular weight is 303 g/mol. The lowest BCUT2D eigenvalue weighted by molar-refractivity contribution is 0.472. The zero-order valence-electron chi connectivity index (χ0n) is 11.8. The van der Waals surface area contributed by atoms with Gasteiger partial charge in [0.1, 0.15) is 23.1 Å². The van der Waals surface area contributed by atoms with Crippen LogP contribution in [0.25, 0.3) is 16.6 Å². The first-order valence-electron chi connectivity index (χ1n) is 6.24. The summed E-state index contributed by atoms with van der Waals surface area (Å²) < 4.78 is 0. The number of hydrogen-bond donors (Lipinski definition) is 2. The molecule has 2 rings (SSSR count). The molecule has 0 spiro atoms. The number of fused-ring (bicyclic) bond motifs is 1. The van der Waals surface area contributed by atoms with Crippen LogP contribution >= 0.6 is 11.6 Å². The number of nitrogens with zero attached hydrogens (tertiary/aromatic N) is 3. The maximum atomic E-state index is 10.2. The molecule has 0 unspecified atom stereocenters. The number of nitrogen functional groups attached to an aromatic ring is 1. The van der Waals surface area contributed by atoms with Crippen molar-refractivity contribution in [3.8, 4) is 5.75 Å². The second kappa shape index (κ2) is 5.93. The summed E-state index contributed by atoms with van der Waals surface area (Å²) >= 11 is 6.00. The maximum absolute atomic E-state index is 10.2. The monoisotopic (exact) mass is 302 g/mol. The highest BCUT2D eigenvalue weighted by atomic mass is 35.5. The Hall–Kier alpha value is -2.40. The quantitative estimate of drug-likeness (QED) is 0.849. The minimum Gasteiger partial charge on any atom is -0.506 e.